The Kier molecular flexibility index (Phi) is 10.8. The molecule has 2 N–H and O–H groups in total. The minimum absolute atomic E-state index is 0.0404. The van der Waals surface area contributed by atoms with E-state index < -0.39 is 34.0 Å². The molecule has 2 aromatic rings. The van der Waals surface area contributed by atoms with Gasteiger partial charge >= 0.3 is 5.97 Å². The summed E-state index contributed by atoms with van der Waals surface area (Å²) in [6, 6.07) is 12.9. The third-order valence-corrected chi connectivity index (χ3v) is 9.64. The fraction of sp³-hybridized carbons (Fsp3) is 0.484. The molecule has 1 fully saturated rings. The van der Waals surface area contributed by atoms with E-state index in [9.17, 15) is 27.9 Å². The van der Waals surface area contributed by atoms with Crippen molar-refractivity contribution in [3.8, 4) is 0 Å². The maximum absolute atomic E-state index is 13.1. The molecular formula is C31H39N3O6S. The van der Waals surface area contributed by atoms with Gasteiger partial charge in [0, 0.05) is 38.1 Å². The molecule has 41 heavy (non-hydrogen) atoms. The molecule has 2 aliphatic heterocycles. The standard InChI is InChI=1S/C31H39N3O6S/c35-26(11-4-1-3-9-25-10-7-19-32-25)21-23-15-17-24(18-16-23)22-28(31(37)38)33-30(36)29-14-8-20-34(29)41(39,40)27-12-5-2-6-13-27/h2,5-6,12-13,15-18,28-29H,1,3-4,7-11,14,19-22H2,(H,33,36)(H,37,38)/t28-,29-/m0/s1. The number of carbonyl (C=O) groups is 3. The Hall–Kier alpha value is -3.37. The zero-order valence-corrected chi connectivity index (χ0v) is 24.2. The average molecular weight is 582 g/mol. The molecule has 0 aromatic heterocycles. The van der Waals surface area contributed by atoms with Gasteiger partial charge in [-0.3, -0.25) is 14.6 Å². The molecule has 2 aliphatic rings. The summed E-state index contributed by atoms with van der Waals surface area (Å²) >= 11 is 0. The third kappa shape index (κ3) is 8.56. The van der Waals surface area contributed by atoms with Gasteiger partial charge in [-0.25, -0.2) is 13.2 Å². The molecule has 0 unspecified atom stereocenters. The van der Waals surface area contributed by atoms with Gasteiger partial charge in [-0.2, -0.15) is 4.31 Å². The minimum atomic E-state index is -3.88. The molecule has 0 bridgehead atoms. The predicted octanol–water partition coefficient (Wildman–Crippen LogP) is 3.95. The van der Waals surface area contributed by atoms with Crippen LogP contribution in [0.3, 0.4) is 0 Å². The number of carboxylic acids is 1. The van der Waals surface area contributed by atoms with E-state index >= 15 is 0 Å². The van der Waals surface area contributed by atoms with E-state index in [1.54, 1.807) is 30.3 Å². The Morgan fingerprint density at radius 1 is 0.976 bits per heavy atom. The van der Waals surface area contributed by atoms with E-state index in [-0.39, 0.29) is 23.6 Å². The van der Waals surface area contributed by atoms with Gasteiger partial charge in [-0.15, -0.1) is 0 Å². The van der Waals surface area contributed by atoms with Crippen molar-refractivity contribution in [2.45, 2.75) is 87.6 Å². The van der Waals surface area contributed by atoms with Crippen LogP contribution in [0, 0.1) is 0 Å². The highest BCUT2D eigenvalue weighted by atomic mass is 32.2. The molecule has 2 atom stereocenters. The van der Waals surface area contributed by atoms with E-state index in [0.717, 1.165) is 48.5 Å². The van der Waals surface area contributed by atoms with Crippen LogP contribution < -0.4 is 5.32 Å². The van der Waals surface area contributed by atoms with Crippen LogP contribution in [0.4, 0.5) is 0 Å². The number of aliphatic imine (C=N–C) groups is 1. The number of aliphatic carboxylic acids is 1. The van der Waals surface area contributed by atoms with E-state index in [1.807, 2.05) is 12.1 Å². The van der Waals surface area contributed by atoms with Crippen LogP contribution in [-0.4, -0.2) is 66.4 Å². The van der Waals surface area contributed by atoms with Crippen molar-refractivity contribution in [3.05, 3.63) is 65.7 Å². The van der Waals surface area contributed by atoms with Crippen LogP contribution in [-0.2, 0) is 37.2 Å². The number of ketones is 1. The summed E-state index contributed by atoms with van der Waals surface area (Å²) in [6.07, 6.45) is 8.03. The van der Waals surface area contributed by atoms with Crippen LogP contribution in [0.25, 0.3) is 0 Å². The second kappa shape index (κ2) is 14.5. The molecule has 0 saturated carbocycles. The number of hydrogen-bond donors (Lipinski definition) is 2. The van der Waals surface area contributed by atoms with E-state index in [1.165, 1.54) is 24.3 Å². The molecular weight excluding hydrogens is 542 g/mol. The lowest BCUT2D eigenvalue weighted by Crippen LogP contribution is -2.51. The van der Waals surface area contributed by atoms with Crippen molar-refractivity contribution < 1.29 is 27.9 Å². The zero-order chi connectivity index (χ0) is 29.2. The summed E-state index contributed by atoms with van der Waals surface area (Å²) in [7, 11) is -3.88. The summed E-state index contributed by atoms with van der Waals surface area (Å²) in [5, 5.41) is 12.3. The minimum Gasteiger partial charge on any atom is -0.480 e. The van der Waals surface area contributed by atoms with E-state index in [4.69, 9.17) is 0 Å². The molecule has 0 radical (unpaired) electrons. The smallest absolute Gasteiger partial charge is 0.326 e. The highest BCUT2D eigenvalue weighted by molar-refractivity contribution is 7.89. The van der Waals surface area contributed by atoms with Crippen molar-refractivity contribution in [2.24, 2.45) is 4.99 Å². The van der Waals surface area contributed by atoms with Crippen LogP contribution in [0.2, 0.25) is 0 Å². The molecule has 0 aliphatic carbocycles. The third-order valence-electron chi connectivity index (χ3n) is 7.71. The summed E-state index contributed by atoms with van der Waals surface area (Å²) < 4.78 is 27.4. The number of nitrogens with one attached hydrogen (secondary N) is 1. The fourth-order valence-corrected chi connectivity index (χ4v) is 7.14. The Labute approximate surface area is 242 Å². The number of unbranched alkanes of at least 4 members (excludes halogenated alkanes) is 2. The van der Waals surface area contributed by atoms with Crippen molar-refractivity contribution in [1.29, 1.82) is 0 Å². The lowest BCUT2D eigenvalue weighted by atomic mass is 10.00. The molecule has 4 rings (SSSR count). The van der Waals surface area contributed by atoms with Gasteiger partial charge in [-0.1, -0.05) is 48.9 Å². The van der Waals surface area contributed by atoms with E-state index in [0.29, 0.717) is 31.2 Å². The van der Waals surface area contributed by atoms with Crippen LogP contribution in [0.15, 0.2) is 64.5 Å². The highest BCUT2D eigenvalue weighted by Crippen LogP contribution is 2.26. The first-order valence-corrected chi connectivity index (χ1v) is 15.9. The number of rotatable bonds is 15. The molecule has 0 spiro atoms. The lowest BCUT2D eigenvalue weighted by molar-refractivity contribution is -0.142. The second-order valence-electron chi connectivity index (χ2n) is 10.8. The summed E-state index contributed by atoms with van der Waals surface area (Å²) in [4.78, 5) is 42.1. The molecule has 1 amide bonds. The largest absolute Gasteiger partial charge is 0.480 e. The van der Waals surface area contributed by atoms with Crippen molar-refractivity contribution in [3.63, 3.8) is 0 Å². The van der Waals surface area contributed by atoms with Crippen LogP contribution in [0.1, 0.15) is 68.9 Å². The molecule has 2 aromatic carbocycles. The number of Topliss-reactive ketones (excluding diaryl/α,β-unsaturated/α-hetero) is 1. The topological polar surface area (TPSA) is 133 Å². The number of benzene rings is 2. The normalized spacial score (nSPS) is 18.1. The average Bonchev–Trinajstić information content (AvgIpc) is 3.67. The van der Waals surface area contributed by atoms with Crippen LogP contribution >= 0.6 is 0 Å². The van der Waals surface area contributed by atoms with Crippen molar-refractivity contribution in [2.75, 3.05) is 13.1 Å². The van der Waals surface area contributed by atoms with Gasteiger partial charge in [-0.05, 0) is 68.2 Å². The summed E-state index contributed by atoms with van der Waals surface area (Å²) in [6.45, 7) is 1.15. The van der Waals surface area contributed by atoms with Gasteiger partial charge in [0.05, 0.1) is 4.90 Å². The number of nitrogens with zero attached hydrogens (tertiary/aromatic N) is 2. The highest BCUT2D eigenvalue weighted by Gasteiger charge is 2.40. The zero-order valence-electron chi connectivity index (χ0n) is 23.3. The van der Waals surface area contributed by atoms with Gasteiger partial charge < -0.3 is 10.4 Å². The number of carboxylic acid groups (broad SMARTS) is 1. The lowest BCUT2D eigenvalue weighted by Gasteiger charge is -2.25. The number of hydrogen-bond acceptors (Lipinski definition) is 6. The van der Waals surface area contributed by atoms with Gasteiger partial charge in [0.1, 0.15) is 17.9 Å². The number of carbonyl (C=O) groups excluding carboxylic acids is 2. The summed E-state index contributed by atoms with van der Waals surface area (Å²) in [5.41, 5.74) is 2.88. The predicted molar refractivity (Wildman–Crippen MR) is 156 cm³/mol. The monoisotopic (exact) mass is 581 g/mol. The van der Waals surface area contributed by atoms with Gasteiger partial charge in [0.2, 0.25) is 15.9 Å². The maximum Gasteiger partial charge on any atom is 0.326 e. The Morgan fingerprint density at radius 3 is 2.39 bits per heavy atom. The molecule has 10 heteroatoms. The Morgan fingerprint density at radius 2 is 1.71 bits per heavy atom. The Bertz CT molecular complexity index is 1340. The SMILES string of the molecule is O=C(CCCCCC1=NCCC1)Cc1ccc(C[C@H](NC(=O)[C@@H]2CCCN2S(=O)(=O)c2ccccc2)C(=O)O)cc1. The van der Waals surface area contributed by atoms with Gasteiger partial charge in [0.15, 0.2) is 0 Å². The molecule has 2 heterocycles. The quantitative estimate of drug-likeness (QED) is 0.306. The fourth-order valence-electron chi connectivity index (χ4n) is 5.46. The first kappa shape index (κ1) is 30.6. The number of amides is 1. The second-order valence-corrected chi connectivity index (χ2v) is 12.7. The maximum atomic E-state index is 13.1. The molecule has 1 saturated heterocycles. The first-order valence-electron chi connectivity index (χ1n) is 14.5. The Balaban J connectivity index is 1.26. The first-order chi connectivity index (χ1) is 19.7. The number of sulfonamides is 1. The molecule has 9 nitrogen and oxygen atoms in total. The summed E-state index contributed by atoms with van der Waals surface area (Å²) in [5.74, 6) is -1.64. The van der Waals surface area contributed by atoms with Crippen molar-refractivity contribution in [1.82, 2.24) is 9.62 Å². The molecule has 220 valence electrons. The van der Waals surface area contributed by atoms with Crippen LogP contribution in [0.5, 0.6) is 0 Å². The van der Waals surface area contributed by atoms with E-state index in [2.05, 4.69) is 10.3 Å². The van der Waals surface area contributed by atoms with Gasteiger partial charge in [0.25, 0.3) is 0 Å². The van der Waals surface area contributed by atoms with Crippen molar-refractivity contribution >= 4 is 33.4 Å².